The third kappa shape index (κ3) is 1.42. The Morgan fingerprint density at radius 2 is 2.23 bits per heavy atom. The molecule has 1 heterocycles. The first-order valence-corrected chi connectivity index (χ1v) is 5.17. The molecule has 13 heavy (non-hydrogen) atoms. The number of rotatable bonds is 0. The standard InChI is InChI=1S/C9H4ClNS2/c10-8-3-6-5(4-11)1-2-7(12)9(6)13-8/h1-3,12H. The molecule has 1 aromatic carbocycles. The van der Waals surface area contributed by atoms with Crippen LogP contribution in [0.15, 0.2) is 23.1 Å². The fourth-order valence-corrected chi connectivity index (χ4v) is 2.67. The van der Waals surface area contributed by atoms with Crippen molar-refractivity contribution in [2.24, 2.45) is 0 Å². The van der Waals surface area contributed by atoms with Crippen LogP contribution in [0.2, 0.25) is 4.34 Å². The number of thiophene rings is 1. The van der Waals surface area contributed by atoms with Gasteiger partial charge in [-0.2, -0.15) is 5.26 Å². The zero-order valence-corrected chi connectivity index (χ0v) is 8.88. The van der Waals surface area contributed by atoms with Crippen LogP contribution in [0, 0.1) is 11.3 Å². The Morgan fingerprint density at radius 3 is 2.92 bits per heavy atom. The maximum atomic E-state index is 8.82. The van der Waals surface area contributed by atoms with E-state index in [-0.39, 0.29) is 0 Å². The summed E-state index contributed by atoms with van der Waals surface area (Å²) in [6.45, 7) is 0. The molecule has 0 aliphatic heterocycles. The SMILES string of the molecule is N#Cc1ccc(S)c2sc(Cl)cc12. The maximum absolute atomic E-state index is 8.82. The molecule has 1 nitrogen and oxygen atoms in total. The number of fused-ring (bicyclic) bond motifs is 1. The van der Waals surface area contributed by atoms with E-state index in [4.69, 9.17) is 16.9 Å². The fraction of sp³-hybridized carbons (Fsp3) is 0. The zero-order valence-electron chi connectivity index (χ0n) is 6.41. The number of hydrogen-bond donors (Lipinski definition) is 1. The van der Waals surface area contributed by atoms with Gasteiger partial charge in [-0.1, -0.05) is 11.6 Å². The average Bonchev–Trinajstić information content (AvgIpc) is 2.48. The second-order valence-electron chi connectivity index (χ2n) is 2.54. The summed E-state index contributed by atoms with van der Waals surface area (Å²) in [5.74, 6) is 0. The lowest BCUT2D eigenvalue weighted by atomic mass is 10.1. The molecule has 0 fully saturated rings. The third-order valence-corrected chi connectivity index (χ3v) is 3.57. The van der Waals surface area contributed by atoms with E-state index in [1.54, 1.807) is 12.1 Å². The number of hydrogen-bond acceptors (Lipinski definition) is 3. The van der Waals surface area contributed by atoms with Crippen molar-refractivity contribution in [3.63, 3.8) is 0 Å². The average molecular weight is 226 g/mol. The Balaban J connectivity index is 2.94. The molecule has 2 aromatic rings. The summed E-state index contributed by atoms with van der Waals surface area (Å²) in [5, 5.41) is 9.72. The Bertz CT molecular complexity index is 510. The zero-order chi connectivity index (χ0) is 9.42. The number of halogens is 1. The van der Waals surface area contributed by atoms with Gasteiger partial charge in [-0.05, 0) is 18.2 Å². The van der Waals surface area contributed by atoms with E-state index in [1.807, 2.05) is 6.07 Å². The van der Waals surface area contributed by atoms with E-state index in [1.165, 1.54) is 11.3 Å². The largest absolute Gasteiger partial charge is 0.192 e. The van der Waals surface area contributed by atoms with Crippen LogP contribution < -0.4 is 0 Å². The number of benzene rings is 1. The molecule has 64 valence electrons. The Labute approximate surface area is 90.0 Å². The first-order valence-electron chi connectivity index (χ1n) is 3.53. The first kappa shape index (κ1) is 8.89. The first-order chi connectivity index (χ1) is 6.22. The van der Waals surface area contributed by atoms with E-state index in [0.29, 0.717) is 9.90 Å². The van der Waals surface area contributed by atoms with Crippen LogP contribution in [0.25, 0.3) is 10.1 Å². The minimum Gasteiger partial charge on any atom is -0.192 e. The van der Waals surface area contributed by atoms with Crippen molar-refractivity contribution >= 4 is 45.7 Å². The van der Waals surface area contributed by atoms with Gasteiger partial charge >= 0.3 is 0 Å². The summed E-state index contributed by atoms with van der Waals surface area (Å²) in [6, 6.07) is 7.50. The number of nitrogens with zero attached hydrogens (tertiary/aromatic N) is 1. The molecule has 0 spiro atoms. The molecular weight excluding hydrogens is 222 g/mol. The Hall–Kier alpha value is -0.690. The van der Waals surface area contributed by atoms with E-state index in [0.717, 1.165) is 15.0 Å². The summed E-state index contributed by atoms with van der Waals surface area (Å²) in [4.78, 5) is 0.867. The van der Waals surface area contributed by atoms with Crippen LogP contribution in [0.5, 0.6) is 0 Å². The summed E-state index contributed by atoms with van der Waals surface area (Å²) < 4.78 is 1.67. The Kier molecular flexibility index (Phi) is 2.20. The lowest BCUT2D eigenvalue weighted by Gasteiger charge is -1.95. The van der Waals surface area contributed by atoms with Gasteiger partial charge in [0.1, 0.15) is 0 Å². The highest BCUT2D eigenvalue weighted by atomic mass is 35.5. The van der Waals surface area contributed by atoms with Crippen molar-refractivity contribution in [2.75, 3.05) is 0 Å². The number of thiol groups is 1. The van der Waals surface area contributed by atoms with Crippen molar-refractivity contribution < 1.29 is 0 Å². The predicted octanol–water partition coefficient (Wildman–Crippen LogP) is 3.72. The van der Waals surface area contributed by atoms with Crippen molar-refractivity contribution in [1.29, 1.82) is 5.26 Å². The highest BCUT2D eigenvalue weighted by Gasteiger charge is 2.07. The minimum atomic E-state index is 0.649. The van der Waals surface area contributed by atoms with Gasteiger partial charge in [0, 0.05) is 10.3 Å². The summed E-state index contributed by atoms with van der Waals surface area (Å²) >= 11 is 11.6. The van der Waals surface area contributed by atoms with E-state index in [2.05, 4.69) is 18.7 Å². The lowest BCUT2D eigenvalue weighted by Crippen LogP contribution is -1.74. The molecule has 0 unspecified atom stereocenters. The van der Waals surface area contributed by atoms with Crippen molar-refractivity contribution in [3.8, 4) is 6.07 Å². The molecule has 0 saturated heterocycles. The van der Waals surface area contributed by atoms with Gasteiger partial charge in [-0.15, -0.1) is 24.0 Å². The van der Waals surface area contributed by atoms with Crippen LogP contribution in [0.4, 0.5) is 0 Å². The molecule has 0 aliphatic carbocycles. The topological polar surface area (TPSA) is 23.8 Å². The van der Waals surface area contributed by atoms with Crippen molar-refractivity contribution in [1.82, 2.24) is 0 Å². The summed E-state index contributed by atoms with van der Waals surface area (Å²) in [6.07, 6.45) is 0. The van der Waals surface area contributed by atoms with Crippen LogP contribution in [-0.4, -0.2) is 0 Å². The molecule has 4 heteroatoms. The molecule has 0 amide bonds. The molecule has 2 rings (SSSR count). The van der Waals surface area contributed by atoms with Gasteiger partial charge in [0.05, 0.1) is 20.7 Å². The predicted molar refractivity (Wildman–Crippen MR) is 58.8 cm³/mol. The van der Waals surface area contributed by atoms with Crippen molar-refractivity contribution in [3.05, 3.63) is 28.1 Å². The highest BCUT2D eigenvalue weighted by molar-refractivity contribution is 7.80. The van der Waals surface area contributed by atoms with E-state index in [9.17, 15) is 0 Å². The molecule has 0 radical (unpaired) electrons. The molecule has 0 atom stereocenters. The van der Waals surface area contributed by atoms with Gasteiger partial charge in [0.2, 0.25) is 0 Å². The molecular formula is C9H4ClNS2. The quantitative estimate of drug-likeness (QED) is 0.679. The highest BCUT2D eigenvalue weighted by Crippen LogP contribution is 2.35. The monoisotopic (exact) mass is 225 g/mol. The fourth-order valence-electron chi connectivity index (χ4n) is 1.18. The summed E-state index contributed by atoms with van der Waals surface area (Å²) in [5.41, 5.74) is 0.649. The normalized spacial score (nSPS) is 10.2. The lowest BCUT2D eigenvalue weighted by molar-refractivity contribution is 1.49. The van der Waals surface area contributed by atoms with Crippen molar-refractivity contribution in [2.45, 2.75) is 4.90 Å². The molecule has 0 N–H and O–H groups in total. The molecule has 0 aliphatic rings. The summed E-state index contributed by atoms with van der Waals surface area (Å²) in [7, 11) is 0. The smallest absolute Gasteiger partial charge is 0.0998 e. The van der Waals surface area contributed by atoms with E-state index < -0.39 is 0 Å². The van der Waals surface area contributed by atoms with Crippen LogP contribution >= 0.6 is 35.6 Å². The van der Waals surface area contributed by atoms with Gasteiger partial charge < -0.3 is 0 Å². The van der Waals surface area contributed by atoms with Crippen LogP contribution in [0.3, 0.4) is 0 Å². The van der Waals surface area contributed by atoms with Gasteiger partial charge in [0.15, 0.2) is 0 Å². The second kappa shape index (κ2) is 3.22. The van der Waals surface area contributed by atoms with Gasteiger partial charge in [-0.25, -0.2) is 0 Å². The minimum absolute atomic E-state index is 0.649. The van der Waals surface area contributed by atoms with Crippen LogP contribution in [-0.2, 0) is 0 Å². The van der Waals surface area contributed by atoms with E-state index >= 15 is 0 Å². The number of nitriles is 1. The third-order valence-electron chi connectivity index (χ3n) is 1.75. The second-order valence-corrected chi connectivity index (χ2v) is 4.70. The van der Waals surface area contributed by atoms with Crippen LogP contribution in [0.1, 0.15) is 5.56 Å². The Morgan fingerprint density at radius 1 is 1.46 bits per heavy atom. The molecule has 1 aromatic heterocycles. The maximum Gasteiger partial charge on any atom is 0.0998 e. The van der Waals surface area contributed by atoms with Gasteiger partial charge in [0.25, 0.3) is 0 Å². The van der Waals surface area contributed by atoms with Gasteiger partial charge in [-0.3, -0.25) is 0 Å². The molecule has 0 bridgehead atoms. The molecule has 0 saturated carbocycles.